The van der Waals surface area contributed by atoms with Gasteiger partial charge in [0.15, 0.2) is 0 Å². The minimum absolute atomic E-state index is 0.161. The number of amides is 2. The van der Waals surface area contributed by atoms with Crippen molar-refractivity contribution in [3.8, 4) is 17.1 Å². The second-order valence-corrected chi connectivity index (χ2v) is 7.94. The van der Waals surface area contributed by atoms with Crippen molar-refractivity contribution in [2.24, 2.45) is 0 Å². The normalized spacial score (nSPS) is 16.2. The van der Waals surface area contributed by atoms with E-state index in [2.05, 4.69) is 22.4 Å². The average molecular weight is 451 g/mol. The van der Waals surface area contributed by atoms with Crippen molar-refractivity contribution in [3.63, 3.8) is 0 Å². The molecule has 1 N–H and O–H groups in total. The molecular formula is C25H27FN4O3. The second-order valence-electron chi connectivity index (χ2n) is 7.94. The third-order valence-electron chi connectivity index (χ3n) is 5.79. The number of hydrogen-bond donors (Lipinski definition) is 1. The Morgan fingerprint density at radius 1 is 1.12 bits per heavy atom. The number of ether oxygens (including phenoxy) is 1. The highest BCUT2D eigenvalue weighted by Crippen LogP contribution is 2.37. The van der Waals surface area contributed by atoms with Crippen LogP contribution in [-0.2, 0) is 0 Å². The van der Waals surface area contributed by atoms with Crippen LogP contribution >= 0.6 is 0 Å². The maximum Gasteiger partial charge on any atom is 0.322 e. The Morgan fingerprint density at radius 2 is 1.85 bits per heavy atom. The topological polar surface area (TPSA) is 80.5 Å². The molecule has 0 spiro atoms. The van der Waals surface area contributed by atoms with Crippen molar-refractivity contribution in [1.82, 2.24) is 20.4 Å². The van der Waals surface area contributed by atoms with E-state index in [0.717, 1.165) is 41.8 Å². The predicted octanol–water partition coefficient (Wildman–Crippen LogP) is 5.57. The minimum atomic E-state index is -0.465. The average Bonchev–Trinajstić information content (AvgIpc) is 3.31. The first-order valence-corrected chi connectivity index (χ1v) is 11.0. The number of nitrogens with one attached hydrogen (secondary N) is 1. The van der Waals surface area contributed by atoms with Crippen molar-refractivity contribution < 1.29 is 18.4 Å². The number of allylic oxidation sites excluding steroid dienone is 1. The number of carbonyl (C=O) groups excluding carboxylic acids is 1. The van der Waals surface area contributed by atoms with Gasteiger partial charge in [0, 0.05) is 17.8 Å². The fourth-order valence-electron chi connectivity index (χ4n) is 3.94. The van der Waals surface area contributed by atoms with E-state index in [-0.39, 0.29) is 11.8 Å². The molecule has 2 heterocycles. The number of aromatic nitrogens is 2. The van der Waals surface area contributed by atoms with Crippen LogP contribution in [-0.4, -0.2) is 34.7 Å². The highest BCUT2D eigenvalue weighted by atomic mass is 19.1. The van der Waals surface area contributed by atoms with Gasteiger partial charge in [-0.05, 0) is 55.3 Å². The SMILES string of the molecule is CCCCCN1C(=O)NC(c2ccc(OC)cc2)C(c2nc(-c3ccc(F)cc3)no2)=C1C. The highest BCUT2D eigenvalue weighted by molar-refractivity contribution is 5.86. The maximum atomic E-state index is 13.3. The molecule has 1 atom stereocenters. The number of methoxy groups -OCH3 is 1. The lowest BCUT2D eigenvalue weighted by atomic mass is 9.94. The summed E-state index contributed by atoms with van der Waals surface area (Å²) in [5.74, 6) is 1.06. The number of nitrogens with zero attached hydrogens (tertiary/aromatic N) is 3. The van der Waals surface area contributed by atoms with E-state index in [9.17, 15) is 9.18 Å². The molecule has 1 aliphatic rings. The van der Waals surface area contributed by atoms with Crippen LogP contribution in [0.3, 0.4) is 0 Å². The third kappa shape index (κ3) is 4.74. The van der Waals surface area contributed by atoms with Gasteiger partial charge in [-0.2, -0.15) is 4.98 Å². The minimum Gasteiger partial charge on any atom is -0.497 e. The van der Waals surface area contributed by atoms with Gasteiger partial charge < -0.3 is 14.6 Å². The molecule has 7 nitrogen and oxygen atoms in total. The van der Waals surface area contributed by atoms with Crippen LogP contribution in [0.5, 0.6) is 5.75 Å². The van der Waals surface area contributed by atoms with Gasteiger partial charge in [0.25, 0.3) is 5.89 Å². The van der Waals surface area contributed by atoms with Crippen molar-refractivity contribution in [3.05, 3.63) is 71.5 Å². The maximum absolute atomic E-state index is 13.3. The molecular weight excluding hydrogens is 423 g/mol. The molecule has 0 saturated heterocycles. The molecule has 0 saturated carbocycles. The molecule has 8 heteroatoms. The summed E-state index contributed by atoms with van der Waals surface area (Å²) in [6, 6.07) is 12.8. The predicted molar refractivity (Wildman–Crippen MR) is 123 cm³/mol. The zero-order chi connectivity index (χ0) is 23.4. The van der Waals surface area contributed by atoms with Crippen LogP contribution in [0.2, 0.25) is 0 Å². The quantitative estimate of drug-likeness (QED) is 0.454. The highest BCUT2D eigenvalue weighted by Gasteiger charge is 2.35. The zero-order valence-corrected chi connectivity index (χ0v) is 19.0. The number of rotatable bonds is 8. The van der Waals surface area contributed by atoms with Crippen LogP contribution in [0.4, 0.5) is 9.18 Å². The summed E-state index contributed by atoms with van der Waals surface area (Å²) in [5, 5.41) is 7.20. The fraction of sp³-hybridized carbons (Fsp3) is 0.320. The Balaban J connectivity index is 1.75. The van der Waals surface area contributed by atoms with Gasteiger partial charge in [0.05, 0.1) is 18.7 Å². The lowest BCUT2D eigenvalue weighted by Crippen LogP contribution is -2.46. The summed E-state index contributed by atoms with van der Waals surface area (Å²) in [5.41, 5.74) is 3.01. The largest absolute Gasteiger partial charge is 0.497 e. The van der Waals surface area contributed by atoms with Crippen LogP contribution in [0.1, 0.15) is 50.6 Å². The first-order chi connectivity index (χ1) is 16.0. The van der Waals surface area contributed by atoms with Crippen LogP contribution in [0.25, 0.3) is 17.0 Å². The van der Waals surface area contributed by atoms with E-state index < -0.39 is 6.04 Å². The van der Waals surface area contributed by atoms with Gasteiger partial charge in [-0.1, -0.05) is 37.1 Å². The van der Waals surface area contributed by atoms with Crippen molar-refractivity contribution in [2.75, 3.05) is 13.7 Å². The van der Waals surface area contributed by atoms with Gasteiger partial charge >= 0.3 is 6.03 Å². The first kappa shape index (κ1) is 22.5. The van der Waals surface area contributed by atoms with Crippen LogP contribution < -0.4 is 10.1 Å². The third-order valence-corrected chi connectivity index (χ3v) is 5.79. The molecule has 2 amide bonds. The molecule has 0 aliphatic carbocycles. The van der Waals surface area contributed by atoms with Gasteiger partial charge in [-0.25, -0.2) is 9.18 Å². The Labute approximate surface area is 192 Å². The van der Waals surface area contributed by atoms with E-state index in [1.54, 1.807) is 24.1 Å². The van der Waals surface area contributed by atoms with Crippen LogP contribution in [0, 0.1) is 5.82 Å². The molecule has 3 aromatic rings. The summed E-state index contributed by atoms with van der Waals surface area (Å²) >= 11 is 0. The number of benzene rings is 2. The Hall–Kier alpha value is -3.68. The van der Waals surface area contributed by atoms with Gasteiger partial charge in [-0.3, -0.25) is 4.90 Å². The molecule has 1 aromatic heterocycles. The fourth-order valence-corrected chi connectivity index (χ4v) is 3.94. The Kier molecular flexibility index (Phi) is 6.72. The van der Waals surface area contributed by atoms with Gasteiger partial charge in [0.1, 0.15) is 11.6 Å². The standard InChI is InChI=1S/C25H27FN4O3/c1-4-5-6-15-30-16(2)21(22(27-25(30)31)17-9-13-20(32-3)14-10-17)24-28-23(29-33-24)18-7-11-19(26)12-8-18/h7-14,22H,4-6,15H2,1-3H3,(H,27,31). The summed E-state index contributed by atoms with van der Waals surface area (Å²) in [7, 11) is 1.61. The van der Waals surface area contributed by atoms with Crippen molar-refractivity contribution >= 4 is 11.6 Å². The molecule has 1 aliphatic heterocycles. The molecule has 2 aromatic carbocycles. The molecule has 0 fully saturated rings. The van der Waals surface area contributed by atoms with E-state index in [0.29, 0.717) is 23.8 Å². The van der Waals surface area contributed by atoms with Crippen molar-refractivity contribution in [2.45, 2.75) is 39.2 Å². The number of urea groups is 1. The van der Waals surface area contributed by atoms with Crippen molar-refractivity contribution in [1.29, 1.82) is 0 Å². The summed E-state index contributed by atoms with van der Waals surface area (Å²) < 4.78 is 24.2. The first-order valence-electron chi connectivity index (χ1n) is 11.0. The summed E-state index contributed by atoms with van der Waals surface area (Å²) in [4.78, 5) is 19.3. The lowest BCUT2D eigenvalue weighted by molar-refractivity contribution is 0.204. The Bertz CT molecular complexity index is 1140. The van der Waals surface area contributed by atoms with E-state index in [1.807, 2.05) is 31.2 Å². The van der Waals surface area contributed by atoms with E-state index in [1.165, 1.54) is 12.1 Å². The molecule has 0 radical (unpaired) electrons. The van der Waals surface area contributed by atoms with Gasteiger partial charge in [0.2, 0.25) is 5.82 Å². The second kappa shape index (κ2) is 9.85. The molecule has 33 heavy (non-hydrogen) atoms. The number of carbonyl (C=O) groups is 1. The molecule has 172 valence electrons. The zero-order valence-electron chi connectivity index (χ0n) is 19.0. The summed E-state index contributed by atoms with van der Waals surface area (Å²) in [6.07, 6.45) is 2.99. The number of halogens is 1. The monoisotopic (exact) mass is 450 g/mol. The Morgan fingerprint density at radius 3 is 2.52 bits per heavy atom. The number of unbranched alkanes of at least 4 members (excludes halogenated alkanes) is 2. The summed E-state index contributed by atoms with van der Waals surface area (Å²) in [6.45, 7) is 4.63. The van der Waals surface area contributed by atoms with Gasteiger partial charge in [-0.15, -0.1) is 0 Å². The van der Waals surface area contributed by atoms with E-state index >= 15 is 0 Å². The number of hydrogen-bond acceptors (Lipinski definition) is 5. The molecule has 1 unspecified atom stereocenters. The molecule has 4 rings (SSSR count). The molecule has 0 bridgehead atoms. The van der Waals surface area contributed by atoms with Crippen LogP contribution in [0.15, 0.2) is 58.8 Å². The van der Waals surface area contributed by atoms with E-state index in [4.69, 9.17) is 9.26 Å². The lowest BCUT2D eigenvalue weighted by Gasteiger charge is -2.35. The smallest absolute Gasteiger partial charge is 0.322 e.